The van der Waals surface area contributed by atoms with Gasteiger partial charge in [-0.15, -0.1) is 0 Å². The molecule has 0 aliphatic rings. The maximum Gasteiger partial charge on any atom is 0.308 e. The number of benzene rings is 1. The number of pyridine rings is 1. The minimum atomic E-state index is -0.491. The molecule has 0 radical (unpaired) electrons. The fourth-order valence-electron chi connectivity index (χ4n) is 3.01. The van der Waals surface area contributed by atoms with Crippen LogP contribution in [0.3, 0.4) is 0 Å². The van der Waals surface area contributed by atoms with Crippen molar-refractivity contribution in [1.82, 2.24) is 14.7 Å². The van der Waals surface area contributed by atoms with E-state index < -0.39 is 12.0 Å². The Morgan fingerprint density at radius 2 is 1.79 bits per heavy atom. The van der Waals surface area contributed by atoms with Crippen LogP contribution in [0.2, 0.25) is 0 Å². The van der Waals surface area contributed by atoms with Gasteiger partial charge in [0.2, 0.25) is 5.91 Å². The second-order valence-electron chi connectivity index (χ2n) is 7.05. The van der Waals surface area contributed by atoms with E-state index >= 15 is 0 Å². The average Bonchev–Trinajstić information content (AvgIpc) is 2.67. The molecule has 7 heteroatoms. The molecule has 0 aliphatic carbocycles. The first-order valence-electron chi connectivity index (χ1n) is 9.30. The molecule has 0 saturated carbocycles. The molecule has 3 aromatic rings. The summed E-state index contributed by atoms with van der Waals surface area (Å²) in [6, 6.07) is 12.1. The Hall–Kier alpha value is -3.48. The summed E-state index contributed by atoms with van der Waals surface area (Å²) in [5.41, 5.74) is 3.48. The van der Waals surface area contributed by atoms with Gasteiger partial charge in [0.25, 0.3) is 5.56 Å². The average molecular weight is 393 g/mol. The van der Waals surface area contributed by atoms with Gasteiger partial charge in [-0.3, -0.25) is 18.8 Å². The summed E-state index contributed by atoms with van der Waals surface area (Å²) in [5.74, 6) is -0.724. The summed E-state index contributed by atoms with van der Waals surface area (Å²) in [5, 5.41) is 2.77. The monoisotopic (exact) mass is 393 g/mol. The number of nitrogens with one attached hydrogen (secondary N) is 1. The molecular formula is C22H23N3O4. The highest BCUT2D eigenvalue weighted by Gasteiger charge is 2.18. The van der Waals surface area contributed by atoms with Crippen LogP contribution in [0.15, 0.2) is 53.5 Å². The van der Waals surface area contributed by atoms with Crippen LogP contribution in [0.1, 0.15) is 41.8 Å². The third kappa shape index (κ3) is 5.28. The predicted octanol–water partition coefficient (Wildman–Crippen LogP) is 2.62. The molecule has 7 nitrogen and oxygen atoms in total. The quantitative estimate of drug-likeness (QED) is 0.650. The van der Waals surface area contributed by atoms with Crippen molar-refractivity contribution >= 4 is 17.5 Å². The number of ether oxygens (including phenoxy) is 1. The molecule has 29 heavy (non-hydrogen) atoms. The van der Waals surface area contributed by atoms with Gasteiger partial charge in [-0.2, -0.15) is 0 Å². The Morgan fingerprint density at radius 1 is 1.10 bits per heavy atom. The Kier molecular flexibility index (Phi) is 6.07. The summed E-state index contributed by atoms with van der Waals surface area (Å²) in [7, 11) is 0. The number of hydrogen-bond acceptors (Lipinski definition) is 5. The van der Waals surface area contributed by atoms with Crippen molar-refractivity contribution in [2.45, 2.75) is 39.8 Å². The van der Waals surface area contributed by atoms with E-state index in [-0.39, 0.29) is 24.5 Å². The summed E-state index contributed by atoms with van der Waals surface area (Å²) >= 11 is 0. The van der Waals surface area contributed by atoms with Crippen LogP contribution in [-0.4, -0.2) is 21.3 Å². The fraction of sp³-hybridized carbons (Fsp3) is 0.273. The van der Waals surface area contributed by atoms with Gasteiger partial charge in [0.05, 0.1) is 18.2 Å². The number of aromatic nitrogens is 2. The SMILES string of the molecule is CC(=O)NC(CC(=O)OCc1cc(=O)n2cc(C)ccc2n1)c1ccc(C)cc1. The molecule has 0 bridgehead atoms. The van der Waals surface area contributed by atoms with Crippen LogP contribution in [0, 0.1) is 13.8 Å². The van der Waals surface area contributed by atoms with E-state index in [2.05, 4.69) is 10.3 Å². The Morgan fingerprint density at radius 3 is 2.48 bits per heavy atom. The highest BCUT2D eigenvalue weighted by Crippen LogP contribution is 2.18. The number of nitrogens with zero attached hydrogens (tertiary/aromatic N) is 2. The minimum absolute atomic E-state index is 0.0194. The number of fused-ring (bicyclic) bond motifs is 1. The summed E-state index contributed by atoms with van der Waals surface area (Å²) in [6.07, 6.45) is 1.69. The molecule has 1 amide bonds. The Labute approximate surface area is 168 Å². The molecule has 1 aromatic carbocycles. The van der Waals surface area contributed by atoms with Gasteiger partial charge >= 0.3 is 5.97 Å². The van der Waals surface area contributed by atoms with Crippen LogP contribution < -0.4 is 10.9 Å². The number of carbonyl (C=O) groups excluding carboxylic acids is 2. The Bertz CT molecular complexity index is 1100. The molecule has 2 heterocycles. The lowest BCUT2D eigenvalue weighted by atomic mass is 10.0. The molecule has 0 fully saturated rings. The van der Waals surface area contributed by atoms with E-state index in [1.807, 2.05) is 44.2 Å². The molecular weight excluding hydrogens is 370 g/mol. The van der Waals surface area contributed by atoms with Crippen LogP contribution >= 0.6 is 0 Å². The number of esters is 1. The van der Waals surface area contributed by atoms with E-state index in [1.54, 1.807) is 12.3 Å². The summed E-state index contributed by atoms with van der Waals surface area (Å²) < 4.78 is 6.76. The fourth-order valence-corrected chi connectivity index (χ4v) is 3.01. The van der Waals surface area contributed by atoms with Gasteiger partial charge in [0.15, 0.2) is 0 Å². The molecule has 0 aliphatic heterocycles. The zero-order valence-corrected chi connectivity index (χ0v) is 16.6. The van der Waals surface area contributed by atoms with E-state index in [9.17, 15) is 14.4 Å². The number of carbonyl (C=O) groups is 2. The third-order valence-corrected chi connectivity index (χ3v) is 4.47. The van der Waals surface area contributed by atoms with Crippen molar-refractivity contribution < 1.29 is 14.3 Å². The van der Waals surface area contributed by atoms with Crippen molar-refractivity contribution in [3.05, 3.63) is 81.4 Å². The number of aryl methyl sites for hydroxylation is 2. The molecule has 2 aromatic heterocycles. The molecule has 150 valence electrons. The van der Waals surface area contributed by atoms with Gasteiger partial charge in [-0.05, 0) is 31.0 Å². The highest BCUT2D eigenvalue weighted by atomic mass is 16.5. The summed E-state index contributed by atoms with van der Waals surface area (Å²) in [6.45, 7) is 5.15. The lowest BCUT2D eigenvalue weighted by Gasteiger charge is -2.18. The van der Waals surface area contributed by atoms with Crippen molar-refractivity contribution in [2.75, 3.05) is 0 Å². The van der Waals surface area contributed by atoms with Crippen molar-refractivity contribution in [2.24, 2.45) is 0 Å². The molecule has 3 rings (SSSR count). The van der Waals surface area contributed by atoms with Gasteiger partial charge < -0.3 is 10.1 Å². The topological polar surface area (TPSA) is 89.8 Å². The van der Waals surface area contributed by atoms with E-state index in [0.29, 0.717) is 11.3 Å². The second-order valence-corrected chi connectivity index (χ2v) is 7.05. The van der Waals surface area contributed by atoms with Gasteiger partial charge in [0.1, 0.15) is 12.3 Å². The number of rotatable bonds is 6. The lowest BCUT2D eigenvalue weighted by molar-refractivity contribution is -0.145. The highest BCUT2D eigenvalue weighted by molar-refractivity contribution is 5.76. The first kappa shape index (κ1) is 20.3. The van der Waals surface area contributed by atoms with Gasteiger partial charge in [-0.25, -0.2) is 4.98 Å². The Balaban J connectivity index is 1.69. The van der Waals surface area contributed by atoms with Crippen LogP contribution in [0.5, 0.6) is 0 Å². The van der Waals surface area contributed by atoms with Crippen LogP contribution in [-0.2, 0) is 20.9 Å². The first-order chi connectivity index (χ1) is 13.8. The van der Waals surface area contributed by atoms with Crippen molar-refractivity contribution in [3.63, 3.8) is 0 Å². The van der Waals surface area contributed by atoms with E-state index in [0.717, 1.165) is 16.7 Å². The summed E-state index contributed by atoms with van der Waals surface area (Å²) in [4.78, 5) is 40.5. The lowest BCUT2D eigenvalue weighted by Crippen LogP contribution is -2.28. The molecule has 0 saturated heterocycles. The van der Waals surface area contributed by atoms with Crippen LogP contribution in [0.25, 0.3) is 5.65 Å². The molecule has 1 N–H and O–H groups in total. The number of amides is 1. The van der Waals surface area contributed by atoms with E-state index in [1.165, 1.54) is 17.4 Å². The zero-order chi connectivity index (χ0) is 21.0. The maximum absolute atomic E-state index is 12.4. The molecule has 1 atom stereocenters. The smallest absolute Gasteiger partial charge is 0.308 e. The van der Waals surface area contributed by atoms with Crippen molar-refractivity contribution in [1.29, 1.82) is 0 Å². The molecule has 1 unspecified atom stereocenters. The van der Waals surface area contributed by atoms with Crippen molar-refractivity contribution in [3.8, 4) is 0 Å². The van der Waals surface area contributed by atoms with Gasteiger partial charge in [0, 0.05) is 19.2 Å². The standard InChI is InChI=1S/C22H23N3O4/c1-14-4-7-17(8-5-14)19(23-16(3)26)11-22(28)29-13-18-10-21(27)25-12-15(2)6-9-20(25)24-18/h4-10,12,19H,11,13H2,1-3H3,(H,23,26). The first-order valence-corrected chi connectivity index (χ1v) is 9.30. The minimum Gasteiger partial charge on any atom is -0.459 e. The maximum atomic E-state index is 12.4. The predicted molar refractivity (Wildman–Crippen MR) is 108 cm³/mol. The van der Waals surface area contributed by atoms with Gasteiger partial charge in [-0.1, -0.05) is 35.9 Å². The zero-order valence-electron chi connectivity index (χ0n) is 16.6. The van der Waals surface area contributed by atoms with E-state index in [4.69, 9.17) is 4.74 Å². The normalized spacial score (nSPS) is 11.8. The molecule has 0 spiro atoms. The second kappa shape index (κ2) is 8.68. The third-order valence-electron chi connectivity index (χ3n) is 4.47. The number of hydrogen-bond donors (Lipinski definition) is 1. The largest absolute Gasteiger partial charge is 0.459 e. The van der Waals surface area contributed by atoms with Crippen LogP contribution in [0.4, 0.5) is 0 Å².